The van der Waals surface area contributed by atoms with Gasteiger partial charge < -0.3 is 15.7 Å². The van der Waals surface area contributed by atoms with Gasteiger partial charge in [-0.1, -0.05) is 36.4 Å². The minimum Gasteiger partial charge on any atom is -0.478 e. The van der Waals surface area contributed by atoms with Crippen molar-refractivity contribution in [1.29, 1.82) is 0 Å². The number of nitro groups is 1. The quantitative estimate of drug-likeness (QED) is 0.0961. The minimum atomic E-state index is -4.68. The highest BCUT2D eigenvalue weighted by molar-refractivity contribution is 7.86. The second-order valence-corrected chi connectivity index (χ2v) is 9.36. The number of rotatable bonds is 9. The second-order valence-electron chi connectivity index (χ2n) is 7.97. The van der Waals surface area contributed by atoms with Crippen LogP contribution in [0.2, 0.25) is 0 Å². The minimum absolute atomic E-state index is 0.0665. The van der Waals surface area contributed by atoms with Crippen molar-refractivity contribution >= 4 is 50.3 Å². The zero-order valence-electron chi connectivity index (χ0n) is 19.4. The molecule has 0 aromatic heterocycles. The van der Waals surface area contributed by atoms with E-state index in [2.05, 4.69) is 10.6 Å². The van der Waals surface area contributed by atoms with Crippen LogP contribution in [0.5, 0.6) is 0 Å². The van der Waals surface area contributed by atoms with E-state index < -0.39 is 37.4 Å². The monoisotopic (exact) mass is 533 g/mol. The standard InChI is InChI=1S/C26H19N3O8S/c30-25(19-8-4-5-9-20(19)26(31)32)16-10-12-21(23(14-16)29(33)34)28-18-11-13-22(24(15-18)38(35,36)37)27-17-6-2-1-3-7-17/h1-15,27-28H,(H,31,32)(H,35,36,37). The summed E-state index contributed by atoms with van der Waals surface area (Å²) in [5, 5.41) is 26.8. The lowest BCUT2D eigenvalue weighted by molar-refractivity contribution is -0.383. The van der Waals surface area contributed by atoms with Gasteiger partial charge in [-0.2, -0.15) is 8.42 Å². The third kappa shape index (κ3) is 5.67. The molecule has 0 heterocycles. The number of nitrogens with zero attached hydrogens (tertiary/aromatic N) is 1. The van der Waals surface area contributed by atoms with Gasteiger partial charge in [0.25, 0.3) is 15.8 Å². The van der Waals surface area contributed by atoms with Gasteiger partial charge in [-0.3, -0.25) is 19.5 Å². The number of aromatic carboxylic acids is 1. The highest BCUT2D eigenvalue weighted by atomic mass is 32.2. The third-order valence-corrected chi connectivity index (χ3v) is 6.34. The van der Waals surface area contributed by atoms with E-state index in [-0.39, 0.29) is 33.8 Å². The van der Waals surface area contributed by atoms with Gasteiger partial charge in [-0.05, 0) is 48.5 Å². The number of hydrogen-bond acceptors (Lipinski definition) is 8. The van der Waals surface area contributed by atoms with Crippen LogP contribution in [-0.4, -0.2) is 34.8 Å². The molecule has 0 aliphatic carbocycles. The van der Waals surface area contributed by atoms with Gasteiger partial charge in [0, 0.05) is 28.6 Å². The predicted octanol–water partition coefficient (Wildman–Crippen LogP) is 5.26. The van der Waals surface area contributed by atoms with E-state index in [1.807, 2.05) is 0 Å². The van der Waals surface area contributed by atoms with Gasteiger partial charge in [-0.25, -0.2) is 4.79 Å². The average Bonchev–Trinajstić information content (AvgIpc) is 2.89. The first-order chi connectivity index (χ1) is 18.0. The Balaban J connectivity index is 1.69. The molecule has 12 heteroatoms. The van der Waals surface area contributed by atoms with Crippen LogP contribution >= 0.6 is 0 Å². The van der Waals surface area contributed by atoms with Crippen molar-refractivity contribution in [1.82, 2.24) is 0 Å². The van der Waals surface area contributed by atoms with E-state index in [1.165, 1.54) is 48.5 Å². The van der Waals surface area contributed by atoms with Gasteiger partial charge >= 0.3 is 5.97 Å². The first-order valence-corrected chi connectivity index (χ1v) is 12.3. The van der Waals surface area contributed by atoms with Gasteiger partial charge in [0.15, 0.2) is 5.78 Å². The molecule has 0 saturated carbocycles. The zero-order chi connectivity index (χ0) is 27.4. The summed E-state index contributed by atoms with van der Waals surface area (Å²) in [5.41, 5.74) is -0.313. The number of nitrogens with one attached hydrogen (secondary N) is 2. The molecule has 0 unspecified atom stereocenters. The van der Waals surface area contributed by atoms with E-state index >= 15 is 0 Å². The average molecular weight is 534 g/mol. The summed E-state index contributed by atoms with van der Waals surface area (Å²) in [6.07, 6.45) is 0. The first-order valence-electron chi connectivity index (χ1n) is 10.9. The highest BCUT2D eigenvalue weighted by Gasteiger charge is 2.23. The van der Waals surface area contributed by atoms with Gasteiger partial charge in [0.1, 0.15) is 10.6 Å². The van der Waals surface area contributed by atoms with Crippen molar-refractivity contribution in [2.75, 3.05) is 10.6 Å². The summed E-state index contributed by atoms with van der Waals surface area (Å²) in [4.78, 5) is 35.0. The van der Waals surface area contributed by atoms with Crippen molar-refractivity contribution < 1.29 is 32.6 Å². The summed E-state index contributed by atoms with van der Waals surface area (Å²) in [7, 11) is -4.68. The van der Waals surface area contributed by atoms with E-state index in [0.29, 0.717) is 5.69 Å². The molecule has 0 saturated heterocycles. The molecular weight excluding hydrogens is 514 g/mol. The van der Waals surface area contributed by atoms with Crippen LogP contribution in [0, 0.1) is 10.1 Å². The molecule has 0 radical (unpaired) electrons. The largest absolute Gasteiger partial charge is 0.478 e. The maximum atomic E-state index is 13.0. The Morgan fingerprint density at radius 2 is 1.37 bits per heavy atom. The van der Waals surface area contributed by atoms with Crippen molar-refractivity contribution in [3.8, 4) is 0 Å². The van der Waals surface area contributed by atoms with Crippen LogP contribution in [0.4, 0.5) is 28.4 Å². The lowest BCUT2D eigenvalue weighted by Gasteiger charge is -2.14. The number of carbonyl (C=O) groups excluding carboxylic acids is 1. The molecule has 0 fully saturated rings. The summed E-state index contributed by atoms with van der Waals surface area (Å²) in [5.74, 6) is -2.04. The fourth-order valence-corrected chi connectivity index (χ4v) is 4.37. The number of carboxylic acid groups (broad SMARTS) is 1. The Morgan fingerprint density at radius 3 is 2.00 bits per heavy atom. The molecule has 0 aliphatic heterocycles. The summed E-state index contributed by atoms with van der Waals surface area (Å²) in [6, 6.07) is 21.6. The van der Waals surface area contributed by atoms with E-state index in [4.69, 9.17) is 0 Å². The van der Waals surface area contributed by atoms with Crippen molar-refractivity contribution in [2.24, 2.45) is 0 Å². The third-order valence-electron chi connectivity index (χ3n) is 5.45. The number of carboxylic acids is 1. The molecule has 4 N–H and O–H groups in total. The summed E-state index contributed by atoms with van der Waals surface area (Å²) >= 11 is 0. The molecule has 11 nitrogen and oxygen atoms in total. The molecule has 4 aromatic rings. The number of para-hydroxylation sites is 1. The van der Waals surface area contributed by atoms with E-state index in [1.54, 1.807) is 30.3 Å². The van der Waals surface area contributed by atoms with E-state index in [0.717, 1.165) is 12.1 Å². The normalized spacial score (nSPS) is 11.0. The highest BCUT2D eigenvalue weighted by Crippen LogP contribution is 2.33. The van der Waals surface area contributed by atoms with Crippen LogP contribution in [0.15, 0.2) is 95.9 Å². The Kier molecular flexibility index (Phi) is 7.19. The molecule has 0 atom stereocenters. The number of ketones is 1. The van der Waals surface area contributed by atoms with Crippen LogP contribution in [0.25, 0.3) is 0 Å². The van der Waals surface area contributed by atoms with Crippen molar-refractivity contribution in [2.45, 2.75) is 4.90 Å². The maximum Gasteiger partial charge on any atom is 0.336 e. The van der Waals surface area contributed by atoms with Crippen LogP contribution in [-0.2, 0) is 10.1 Å². The second kappa shape index (κ2) is 10.5. The lowest BCUT2D eigenvalue weighted by atomic mass is 9.97. The van der Waals surface area contributed by atoms with E-state index in [9.17, 15) is 37.8 Å². The Labute approximate surface area is 216 Å². The zero-order valence-corrected chi connectivity index (χ0v) is 20.2. The molecule has 38 heavy (non-hydrogen) atoms. The lowest BCUT2D eigenvalue weighted by Crippen LogP contribution is -2.10. The summed E-state index contributed by atoms with van der Waals surface area (Å²) < 4.78 is 33.9. The van der Waals surface area contributed by atoms with Crippen LogP contribution < -0.4 is 10.6 Å². The number of hydrogen-bond donors (Lipinski definition) is 4. The van der Waals surface area contributed by atoms with Crippen molar-refractivity contribution in [3.05, 3.63) is 118 Å². The molecule has 192 valence electrons. The molecule has 4 aromatic carbocycles. The van der Waals surface area contributed by atoms with Crippen LogP contribution in [0.1, 0.15) is 26.3 Å². The molecule has 0 spiro atoms. The number of anilines is 4. The fraction of sp³-hybridized carbons (Fsp3) is 0. The Bertz CT molecular complexity index is 1670. The molecule has 0 amide bonds. The summed E-state index contributed by atoms with van der Waals surface area (Å²) in [6.45, 7) is 0. The van der Waals surface area contributed by atoms with Gasteiger partial charge in [-0.15, -0.1) is 0 Å². The van der Waals surface area contributed by atoms with Crippen molar-refractivity contribution in [3.63, 3.8) is 0 Å². The number of carbonyl (C=O) groups is 2. The molecule has 0 bridgehead atoms. The fourth-order valence-electron chi connectivity index (χ4n) is 3.70. The van der Waals surface area contributed by atoms with Gasteiger partial charge in [0.2, 0.25) is 0 Å². The first kappa shape index (κ1) is 26.0. The molecular formula is C26H19N3O8S. The Hall–Kier alpha value is -5.07. The number of nitro benzene ring substituents is 1. The Morgan fingerprint density at radius 1 is 0.763 bits per heavy atom. The number of benzene rings is 4. The maximum absolute atomic E-state index is 13.0. The topological polar surface area (TPSA) is 176 Å². The predicted molar refractivity (Wildman–Crippen MR) is 139 cm³/mol. The van der Waals surface area contributed by atoms with Crippen LogP contribution in [0.3, 0.4) is 0 Å². The SMILES string of the molecule is O=C(O)c1ccccc1C(=O)c1ccc(Nc2ccc(Nc3ccccc3)c(S(=O)(=O)O)c2)c([N+](=O)[O-])c1. The molecule has 4 rings (SSSR count). The molecule has 0 aliphatic rings. The smallest absolute Gasteiger partial charge is 0.336 e. The van der Waals surface area contributed by atoms with Gasteiger partial charge in [0.05, 0.1) is 16.2 Å².